The Labute approximate surface area is 119 Å². The summed E-state index contributed by atoms with van der Waals surface area (Å²) in [5, 5.41) is 3.54. The summed E-state index contributed by atoms with van der Waals surface area (Å²) in [4.78, 5) is 5.54. The molecule has 0 fully saturated rings. The number of nitrogens with zero attached hydrogens (tertiary/aromatic N) is 1. The molecule has 0 saturated heterocycles. The van der Waals surface area contributed by atoms with E-state index in [1.54, 1.807) is 11.3 Å². The highest BCUT2D eigenvalue weighted by atomic mass is 32.1. The van der Waals surface area contributed by atoms with Gasteiger partial charge in [-0.1, -0.05) is 36.8 Å². The van der Waals surface area contributed by atoms with Gasteiger partial charge in [-0.05, 0) is 31.9 Å². The number of hydrogen-bond acceptors (Lipinski definition) is 3. The third-order valence-corrected chi connectivity index (χ3v) is 4.10. The van der Waals surface area contributed by atoms with Crippen LogP contribution in [-0.2, 0) is 6.42 Å². The van der Waals surface area contributed by atoms with Crippen molar-refractivity contribution in [2.24, 2.45) is 0 Å². The molecule has 1 atom stereocenters. The molecule has 0 amide bonds. The molecule has 19 heavy (non-hydrogen) atoms. The summed E-state index contributed by atoms with van der Waals surface area (Å²) >= 11 is 1.75. The van der Waals surface area contributed by atoms with E-state index >= 15 is 0 Å². The average Bonchev–Trinajstić information content (AvgIpc) is 2.92. The van der Waals surface area contributed by atoms with Crippen LogP contribution < -0.4 is 5.32 Å². The molecule has 0 aliphatic carbocycles. The van der Waals surface area contributed by atoms with Crippen LogP contribution in [0.1, 0.15) is 35.3 Å². The molecular weight excluding hydrogens is 252 g/mol. The number of hydrogen-bond donors (Lipinski definition) is 1. The van der Waals surface area contributed by atoms with E-state index in [0.717, 1.165) is 19.5 Å². The van der Waals surface area contributed by atoms with Crippen molar-refractivity contribution in [3.8, 4) is 0 Å². The predicted octanol–water partition coefficient (Wildman–Crippen LogP) is 3.78. The van der Waals surface area contributed by atoms with Crippen molar-refractivity contribution < 1.29 is 0 Å². The van der Waals surface area contributed by atoms with Gasteiger partial charge in [0.25, 0.3) is 0 Å². The van der Waals surface area contributed by atoms with Crippen LogP contribution in [0.25, 0.3) is 0 Å². The third kappa shape index (κ3) is 4.44. The van der Waals surface area contributed by atoms with Gasteiger partial charge in [0, 0.05) is 23.5 Å². The summed E-state index contributed by atoms with van der Waals surface area (Å²) in [5.74, 6) is 0.535. The summed E-state index contributed by atoms with van der Waals surface area (Å²) in [6, 6.07) is 8.92. The van der Waals surface area contributed by atoms with E-state index in [1.807, 2.05) is 11.7 Å². The van der Waals surface area contributed by atoms with Gasteiger partial charge in [0.05, 0.1) is 5.51 Å². The second-order valence-electron chi connectivity index (χ2n) is 4.98. The lowest BCUT2D eigenvalue weighted by Crippen LogP contribution is -2.23. The van der Waals surface area contributed by atoms with Gasteiger partial charge in [-0.15, -0.1) is 11.3 Å². The first kappa shape index (κ1) is 14.2. The second-order valence-corrected chi connectivity index (χ2v) is 5.95. The van der Waals surface area contributed by atoms with Crippen molar-refractivity contribution >= 4 is 11.3 Å². The first-order valence-electron chi connectivity index (χ1n) is 6.94. The van der Waals surface area contributed by atoms with Gasteiger partial charge in [0.2, 0.25) is 0 Å². The molecule has 102 valence electrons. The number of nitrogens with one attached hydrogen (secondary N) is 1. The molecule has 0 spiro atoms. The SMILES string of the molecule is CCCNCC(Cc1cncs1)c1ccc(C)cc1. The van der Waals surface area contributed by atoms with Crippen LogP contribution in [0.15, 0.2) is 36.0 Å². The van der Waals surface area contributed by atoms with E-state index in [1.165, 1.54) is 22.4 Å². The quantitative estimate of drug-likeness (QED) is 0.777. The molecule has 2 nitrogen and oxygen atoms in total. The summed E-state index contributed by atoms with van der Waals surface area (Å²) < 4.78 is 0. The normalized spacial score (nSPS) is 12.5. The smallest absolute Gasteiger partial charge is 0.0794 e. The summed E-state index contributed by atoms with van der Waals surface area (Å²) in [6.45, 7) is 6.47. The number of aromatic nitrogens is 1. The highest BCUT2D eigenvalue weighted by Gasteiger charge is 2.12. The maximum Gasteiger partial charge on any atom is 0.0794 e. The highest BCUT2D eigenvalue weighted by molar-refractivity contribution is 7.09. The zero-order chi connectivity index (χ0) is 13.5. The first-order valence-corrected chi connectivity index (χ1v) is 7.82. The van der Waals surface area contributed by atoms with Crippen molar-refractivity contribution in [1.29, 1.82) is 0 Å². The standard InChI is InChI=1S/C16H22N2S/c1-3-8-17-10-15(9-16-11-18-12-19-16)14-6-4-13(2)5-7-14/h4-7,11-12,15,17H,3,8-10H2,1-2H3. The average molecular weight is 274 g/mol. The fraction of sp³-hybridized carbons (Fsp3) is 0.438. The molecule has 2 rings (SSSR count). The first-order chi connectivity index (χ1) is 9.29. The maximum atomic E-state index is 4.18. The highest BCUT2D eigenvalue weighted by Crippen LogP contribution is 2.22. The van der Waals surface area contributed by atoms with Crippen LogP contribution in [0, 0.1) is 6.92 Å². The largest absolute Gasteiger partial charge is 0.316 e. The minimum absolute atomic E-state index is 0.535. The monoisotopic (exact) mass is 274 g/mol. The van der Waals surface area contributed by atoms with Gasteiger partial charge in [0.1, 0.15) is 0 Å². The lowest BCUT2D eigenvalue weighted by Gasteiger charge is -2.17. The Bertz CT molecular complexity index is 462. The van der Waals surface area contributed by atoms with Gasteiger partial charge in [-0.2, -0.15) is 0 Å². The summed E-state index contributed by atoms with van der Waals surface area (Å²) in [5.41, 5.74) is 4.66. The zero-order valence-corrected chi connectivity index (χ0v) is 12.5. The van der Waals surface area contributed by atoms with E-state index in [0.29, 0.717) is 5.92 Å². The van der Waals surface area contributed by atoms with Crippen molar-refractivity contribution in [2.45, 2.75) is 32.6 Å². The molecule has 1 aromatic carbocycles. The topological polar surface area (TPSA) is 24.9 Å². The Morgan fingerprint density at radius 3 is 2.68 bits per heavy atom. The fourth-order valence-electron chi connectivity index (χ4n) is 2.19. The fourth-order valence-corrected chi connectivity index (χ4v) is 2.86. The van der Waals surface area contributed by atoms with Crippen molar-refractivity contribution in [2.75, 3.05) is 13.1 Å². The van der Waals surface area contributed by atoms with Crippen LogP contribution in [0.5, 0.6) is 0 Å². The molecule has 0 aliphatic heterocycles. The van der Waals surface area contributed by atoms with Crippen LogP contribution in [-0.4, -0.2) is 18.1 Å². The Hall–Kier alpha value is -1.19. The predicted molar refractivity (Wildman–Crippen MR) is 82.9 cm³/mol. The zero-order valence-electron chi connectivity index (χ0n) is 11.7. The van der Waals surface area contributed by atoms with Crippen molar-refractivity contribution in [3.05, 3.63) is 52.0 Å². The molecule has 0 radical (unpaired) electrons. The van der Waals surface area contributed by atoms with Gasteiger partial charge in [0.15, 0.2) is 0 Å². The lowest BCUT2D eigenvalue weighted by atomic mass is 9.94. The van der Waals surface area contributed by atoms with Gasteiger partial charge in [-0.3, -0.25) is 4.98 Å². The second kappa shape index (κ2) is 7.41. The van der Waals surface area contributed by atoms with Gasteiger partial charge >= 0.3 is 0 Å². The number of thiazole rings is 1. The molecular formula is C16H22N2S. The summed E-state index contributed by atoms with van der Waals surface area (Å²) in [7, 11) is 0. The minimum Gasteiger partial charge on any atom is -0.316 e. The van der Waals surface area contributed by atoms with Crippen LogP contribution >= 0.6 is 11.3 Å². The minimum atomic E-state index is 0.535. The van der Waals surface area contributed by atoms with Crippen molar-refractivity contribution in [1.82, 2.24) is 10.3 Å². The molecule has 3 heteroatoms. The van der Waals surface area contributed by atoms with Crippen LogP contribution in [0.3, 0.4) is 0 Å². The molecule has 1 heterocycles. The summed E-state index contributed by atoms with van der Waals surface area (Å²) in [6.07, 6.45) is 4.25. The van der Waals surface area contributed by atoms with Gasteiger partial charge in [-0.25, -0.2) is 0 Å². The Kier molecular flexibility index (Phi) is 5.55. The molecule has 0 bridgehead atoms. The van der Waals surface area contributed by atoms with E-state index in [9.17, 15) is 0 Å². The third-order valence-electron chi connectivity index (χ3n) is 3.30. The van der Waals surface area contributed by atoms with Crippen molar-refractivity contribution in [3.63, 3.8) is 0 Å². The number of aryl methyl sites for hydroxylation is 1. The Balaban J connectivity index is 2.06. The molecule has 2 aromatic rings. The van der Waals surface area contributed by atoms with E-state index in [2.05, 4.69) is 48.4 Å². The number of benzene rings is 1. The van der Waals surface area contributed by atoms with E-state index in [-0.39, 0.29) is 0 Å². The maximum absolute atomic E-state index is 4.18. The van der Waals surface area contributed by atoms with Crippen LogP contribution in [0.2, 0.25) is 0 Å². The van der Waals surface area contributed by atoms with Crippen LogP contribution in [0.4, 0.5) is 0 Å². The number of rotatable bonds is 7. The van der Waals surface area contributed by atoms with Gasteiger partial charge < -0.3 is 5.32 Å². The lowest BCUT2D eigenvalue weighted by molar-refractivity contribution is 0.579. The molecule has 0 aliphatic rings. The Morgan fingerprint density at radius 1 is 1.26 bits per heavy atom. The molecule has 0 saturated carbocycles. The Morgan fingerprint density at radius 2 is 2.05 bits per heavy atom. The van der Waals surface area contributed by atoms with E-state index in [4.69, 9.17) is 0 Å². The molecule has 1 unspecified atom stereocenters. The molecule has 1 N–H and O–H groups in total. The van der Waals surface area contributed by atoms with E-state index < -0.39 is 0 Å². The molecule has 1 aromatic heterocycles.